The Kier molecular flexibility index (Phi) is 4.75. The van der Waals surface area contributed by atoms with Crippen LogP contribution in [-0.2, 0) is 11.3 Å². The first kappa shape index (κ1) is 17.1. The summed E-state index contributed by atoms with van der Waals surface area (Å²) in [5, 5.41) is 14.9. The molecule has 2 aromatic heterocycles. The summed E-state index contributed by atoms with van der Waals surface area (Å²) >= 11 is 1.39. The zero-order valence-electron chi connectivity index (χ0n) is 14.5. The van der Waals surface area contributed by atoms with Gasteiger partial charge in [0.05, 0.1) is 16.8 Å². The van der Waals surface area contributed by atoms with E-state index in [0.29, 0.717) is 17.6 Å². The SMILES string of the molecule is CCOc1ccc2nc(NC(=O)Cn3nnnc3-c3ccccc3)sc2c1. The largest absolute Gasteiger partial charge is 0.494 e. The molecule has 0 unspecified atom stereocenters. The van der Waals surface area contributed by atoms with Gasteiger partial charge in [0, 0.05) is 5.56 Å². The van der Waals surface area contributed by atoms with Gasteiger partial charge in [0.15, 0.2) is 11.0 Å². The number of anilines is 1. The minimum atomic E-state index is -0.247. The predicted molar refractivity (Wildman–Crippen MR) is 103 cm³/mol. The molecule has 9 heteroatoms. The molecule has 0 saturated heterocycles. The Morgan fingerprint density at radius 2 is 2.07 bits per heavy atom. The van der Waals surface area contributed by atoms with Crippen molar-refractivity contribution in [3.05, 3.63) is 48.5 Å². The number of rotatable bonds is 6. The molecule has 4 aromatic rings. The normalized spacial score (nSPS) is 10.9. The lowest BCUT2D eigenvalue weighted by molar-refractivity contribution is -0.116. The standard InChI is InChI=1S/C18H16N6O2S/c1-2-26-13-8-9-14-15(10-13)27-18(19-14)20-16(25)11-24-17(21-22-23-24)12-6-4-3-5-7-12/h3-10H,2,11H2,1H3,(H,19,20,25). The average molecular weight is 380 g/mol. The Morgan fingerprint density at radius 3 is 2.89 bits per heavy atom. The molecule has 0 saturated carbocycles. The Labute approximate surface area is 158 Å². The lowest BCUT2D eigenvalue weighted by Gasteiger charge is -2.04. The second-order valence-corrected chi connectivity index (χ2v) is 6.69. The maximum atomic E-state index is 12.4. The van der Waals surface area contributed by atoms with E-state index in [-0.39, 0.29) is 12.5 Å². The van der Waals surface area contributed by atoms with Gasteiger partial charge in [0.2, 0.25) is 5.91 Å². The van der Waals surface area contributed by atoms with Crippen molar-refractivity contribution in [2.75, 3.05) is 11.9 Å². The fraction of sp³-hybridized carbons (Fsp3) is 0.167. The number of ether oxygens (including phenoxy) is 1. The van der Waals surface area contributed by atoms with Crippen LogP contribution in [0.2, 0.25) is 0 Å². The molecule has 0 fully saturated rings. The number of tetrazole rings is 1. The topological polar surface area (TPSA) is 94.8 Å². The first-order valence-electron chi connectivity index (χ1n) is 8.38. The van der Waals surface area contributed by atoms with E-state index in [4.69, 9.17) is 4.74 Å². The van der Waals surface area contributed by atoms with E-state index in [0.717, 1.165) is 21.5 Å². The van der Waals surface area contributed by atoms with Gasteiger partial charge >= 0.3 is 0 Å². The zero-order chi connectivity index (χ0) is 18.6. The molecule has 1 N–H and O–H groups in total. The fourth-order valence-corrected chi connectivity index (χ4v) is 3.53. The van der Waals surface area contributed by atoms with Crippen LogP contribution < -0.4 is 10.1 Å². The molecule has 0 aliphatic rings. The van der Waals surface area contributed by atoms with Gasteiger partial charge in [0.1, 0.15) is 12.3 Å². The van der Waals surface area contributed by atoms with Gasteiger partial charge in [-0.3, -0.25) is 4.79 Å². The monoisotopic (exact) mass is 380 g/mol. The summed E-state index contributed by atoms with van der Waals surface area (Å²) in [6.45, 7) is 2.53. The van der Waals surface area contributed by atoms with Crippen LogP contribution in [0.25, 0.3) is 21.6 Å². The molecule has 1 amide bonds. The molecule has 136 valence electrons. The summed E-state index contributed by atoms with van der Waals surface area (Å²) in [7, 11) is 0. The van der Waals surface area contributed by atoms with Crippen molar-refractivity contribution in [1.29, 1.82) is 0 Å². The summed E-state index contributed by atoms with van der Waals surface area (Å²) in [5.74, 6) is 1.08. The van der Waals surface area contributed by atoms with Crippen molar-refractivity contribution in [1.82, 2.24) is 25.2 Å². The number of carbonyl (C=O) groups is 1. The number of carbonyl (C=O) groups excluding carboxylic acids is 1. The van der Waals surface area contributed by atoms with Crippen LogP contribution in [0, 0.1) is 0 Å². The third kappa shape index (κ3) is 3.77. The first-order valence-corrected chi connectivity index (χ1v) is 9.19. The molecule has 8 nitrogen and oxygen atoms in total. The number of thiazole rings is 1. The molecular weight excluding hydrogens is 364 g/mol. The van der Waals surface area contributed by atoms with E-state index in [1.54, 1.807) is 0 Å². The number of aromatic nitrogens is 5. The molecule has 0 bridgehead atoms. The second-order valence-electron chi connectivity index (χ2n) is 5.66. The van der Waals surface area contributed by atoms with E-state index in [9.17, 15) is 4.79 Å². The lowest BCUT2D eigenvalue weighted by atomic mass is 10.2. The molecule has 0 aliphatic heterocycles. The van der Waals surface area contributed by atoms with Gasteiger partial charge in [0.25, 0.3) is 0 Å². The highest BCUT2D eigenvalue weighted by atomic mass is 32.1. The van der Waals surface area contributed by atoms with Gasteiger partial charge in [-0.25, -0.2) is 9.67 Å². The van der Waals surface area contributed by atoms with Gasteiger partial charge in [-0.05, 0) is 35.5 Å². The quantitative estimate of drug-likeness (QED) is 0.553. The first-order chi connectivity index (χ1) is 13.2. The fourth-order valence-electron chi connectivity index (χ4n) is 2.61. The second kappa shape index (κ2) is 7.50. The number of amides is 1. The van der Waals surface area contributed by atoms with Crippen LogP contribution in [0.1, 0.15) is 6.92 Å². The molecule has 27 heavy (non-hydrogen) atoms. The highest BCUT2D eigenvalue weighted by Gasteiger charge is 2.14. The average Bonchev–Trinajstić information content (AvgIpc) is 3.28. The maximum Gasteiger partial charge on any atom is 0.248 e. The third-order valence-electron chi connectivity index (χ3n) is 3.77. The summed E-state index contributed by atoms with van der Waals surface area (Å²) < 4.78 is 7.91. The molecular formula is C18H16N6O2S. The zero-order valence-corrected chi connectivity index (χ0v) is 15.3. The number of benzene rings is 2. The van der Waals surface area contributed by atoms with Gasteiger partial charge in [-0.15, -0.1) is 5.10 Å². The third-order valence-corrected chi connectivity index (χ3v) is 4.71. The van der Waals surface area contributed by atoms with Crippen molar-refractivity contribution >= 4 is 32.6 Å². The summed E-state index contributed by atoms with van der Waals surface area (Å²) in [6, 6.07) is 15.1. The van der Waals surface area contributed by atoms with E-state index in [1.807, 2.05) is 55.5 Å². The Hall–Kier alpha value is -3.33. The number of nitrogens with one attached hydrogen (secondary N) is 1. The predicted octanol–water partition coefficient (Wildman–Crippen LogP) is 2.99. The molecule has 0 atom stereocenters. The van der Waals surface area contributed by atoms with Crippen LogP contribution in [0.3, 0.4) is 0 Å². The van der Waals surface area contributed by atoms with E-state index >= 15 is 0 Å². The summed E-state index contributed by atoms with van der Waals surface area (Å²) in [6.07, 6.45) is 0. The van der Waals surface area contributed by atoms with E-state index < -0.39 is 0 Å². The Bertz CT molecular complexity index is 1080. The number of hydrogen-bond acceptors (Lipinski definition) is 7. The van der Waals surface area contributed by atoms with Crippen LogP contribution >= 0.6 is 11.3 Å². The number of nitrogens with zero attached hydrogens (tertiary/aromatic N) is 5. The molecule has 0 radical (unpaired) electrons. The van der Waals surface area contributed by atoms with Crippen LogP contribution in [0.4, 0.5) is 5.13 Å². The van der Waals surface area contributed by atoms with Crippen LogP contribution in [-0.4, -0.2) is 37.7 Å². The van der Waals surface area contributed by atoms with E-state index in [2.05, 4.69) is 25.8 Å². The van der Waals surface area contributed by atoms with Gasteiger partial charge in [-0.2, -0.15) is 0 Å². The van der Waals surface area contributed by atoms with Crippen LogP contribution in [0.15, 0.2) is 48.5 Å². The van der Waals surface area contributed by atoms with Crippen molar-refractivity contribution in [2.45, 2.75) is 13.5 Å². The van der Waals surface area contributed by atoms with Crippen molar-refractivity contribution in [2.24, 2.45) is 0 Å². The van der Waals surface area contributed by atoms with Gasteiger partial charge in [-0.1, -0.05) is 41.7 Å². The molecule has 2 aromatic carbocycles. The lowest BCUT2D eigenvalue weighted by Crippen LogP contribution is -2.20. The minimum Gasteiger partial charge on any atom is -0.494 e. The van der Waals surface area contributed by atoms with Crippen molar-refractivity contribution in [3.63, 3.8) is 0 Å². The smallest absolute Gasteiger partial charge is 0.248 e. The van der Waals surface area contributed by atoms with Gasteiger partial charge < -0.3 is 10.1 Å². The number of fused-ring (bicyclic) bond motifs is 1. The van der Waals surface area contributed by atoms with Crippen molar-refractivity contribution < 1.29 is 9.53 Å². The van der Waals surface area contributed by atoms with E-state index in [1.165, 1.54) is 16.0 Å². The summed E-state index contributed by atoms with van der Waals surface area (Å²) in [4.78, 5) is 16.9. The highest BCUT2D eigenvalue weighted by molar-refractivity contribution is 7.22. The molecule has 0 aliphatic carbocycles. The molecule has 4 rings (SSSR count). The maximum absolute atomic E-state index is 12.4. The Balaban J connectivity index is 1.49. The van der Waals surface area contributed by atoms with Crippen molar-refractivity contribution in [3.8, 4) is 17.1 Å². The molecule has 2 heterocycles. The number of hydrogen-bond donors (Lipinski definition) is 1. The summed E-state index contributed by atoms with van der Waals surface area (Å²) in [5.41, 5.74) is 1.66. The minimum absolute atomic E-state index is 0.00263. The molecule has 0 spiro atoms. The van der Waals surface area contributed by atoms with Crippen LogP contribution in [0.5, 0.6) is 5.75 Å². The Morgan fingerprint density at radius 1 is 1.22 bits per heavy atom. The highest BCUT2D eigenvalue weighted by Crippen LogP contribution is 2.29.